The fourth-order valence-corrected chi connectivity index (χ4v) is 11.4. The smallest absolute Gasteiger partial charge is 0.305 e. The Kier molecular flexibility index (Phi) is 65.9. The highest BCUT2D eigenvalue weighted by Crippen LogP contribution is 2.19. The van der Waals surface area contributed by atoms with Crippen LogP contribution in [0, 0.1) is 0 Å². The second kappa shape index (κ2) is 67.1. The molecule has 0 aliphatic heterocycles. The number of rotatable bonds is 67. The molecule has 0 aliphatic carbocycles. The number of unbranched alkanes of at least 4 members (excludes halogenated alkanes) is 56. The number of carbonyl (C=O) groups excluding carboxylic acids is 2. The number of hydrogen-bond donors (Lipinski definition) is 3. The van der Waals surface area contributed by atoms with Crippen LogP contribution in [0.2, 0.25) is 0 Å². The van der Waals surface area contributed by atoms with Gasteiger partial charge in [-0.3, -0.25) is 9.59 Å². The first kappa shape index (κ1) is 75.6. The zero-order valence-corrected chi connectivity index (χ0v) is 52.5. The van der Waals surface area contributed by atoms with E-state index in [0.29, 0.717) is 19.4 Å². The Bertz CT molecular complexity index is 1160. The number of esters is 1. The molecule has 0 bridgehead atoms. The van der Waals surface area contributed by atoms with E-state index >= 15 is 0 Å². The molecule has 0 heterocycles. The summed E-state index contributed by atoms with van der Waals surface area (Å²) in [5.41, 5.74) is 0. The van der Waals surface area contributed by atoms with E-state index in [1.165, 1.54) is 340 Å². The van der Waals surface area contributed by atoms with Crippen LogP contribution in [0.3, 0.4) is 0 Å². The van der Waals surface area contributed by atoms with Crippen LogP contribution in [0.1, 0.15) is 406 Å². The molecule has 458 valence electrons. The van der Waals surface area contributed by atoms with E-state index in [4.69, 9.17) is 4.74 Å². The Morgan fingerprint density at radius 3 is 0.883 bits per heavy atom. The van der Waals surface area contributed by atoms with E-state index in [1.807, 2.05) is 6.08 Å². The van der Waals surface area contributed by atoms with Crippen molar-refractivity contribution in [2.75, 3.05) is 13.2 Å². The molecule has 0 radical (unpaired) electrons. The summed E-state index contributed by atoms with van der Waals surface area (Å²) in [4.78, 5) is 24.6. The SMILES string of the molecule is CCCCCCCCCCCCC/C=C/C(O)C(CO)NC(=O)CCCCCCCCCCCCCCCCCCCCCCCCCCCCCCOC(=O)CCCCCCCCCCCCCCCCCCCCC. The van der Waals surface area contributed by atoms with Crippen molar-refractivity contribution < 1.29 is 24.5 Å². The van der Waals surface area contributed by atoms with Crippen LogP contribution >= 0.6 is 0 Å². The maximum Gasteiger partial charge on any atom is 0.305 e. The molecule has 0 aromatic carbocycles. The van der Waals surface area contributed by atoms with Crippen molar-refractivity contribution in [1.82, 2.24) is 5.32 Å². The van der Waals surface area contributed by atoms with Crippen LogP contribution in [0.25, 0.3) is 0 Å². The highest BCUT2D eigenvalue weighted by Gasteiger charge is 2.18. The molecule has 0 aromatic heterocycles. The highest BCUT2D eigenvalue weighted by atomic mass is 16.5. The van der Waals surface area contributed by atoms with Crippen molar-refractivity contribution in [3.05, 3.63) is 12.2 Å². The average Bonchev–Trinajstić information content (AvgIpc) is 3.43. The monoisotopic (exact) mass is 1090 g/mol. The summed E-state index contributed by atoms with van der Waals surface area (Å²) in [6.45, 7) is 4.94. The summed E-state index contributed by atoms with van der Waals surface area (Å²) in [7, 11) is 0. The van der Waals surface area contributed by atoms with Crippen LogP contribution in [0.4, 0.5) is 0 Å². The Hall–Kier alpha value is -1.40. The van der Waals surface area contributed by atoms with Crippen molar-refractivity contribution in [1.29, 1.82) is 0 Å². The predicted molar refractivity (Wildman–Crippen MR) is 338 cm³/mol. The zero-order valence-electron chi connectivity index (χ0n) is 52.5. The quantitative estimate of drug-likeness (QED) is 0.0320. The molecular weight excluding hydrogens is 947 g/mol. The van der Waals surface area contributed by atoms with Crippen molar-refractivity contribution in [3.63, 3.8) is 0 Å². The van der Waals surface area contributed by atoms with Crippen molar-refractivity contribution in [2.45, 2.75) is 418 Å². The number of carbonyl (C=O) groups is 2. The summed E-state index contributed by atoms with van der Waals surface area (Å²) in [5.74, 6) is -0.0386. The maximum atomic E-state index is 12.5. The predicted octanol–water partition coefficient (Wildman–Crippen LogP) is 22.8. The van der Waals surface area contributed by atoms with Crippen LogP contribution in [0.5, 0.6) is 0 Å². The summed E-state index contributed by atoms with van der Waals surface area (Å²) in [6.07, 6.45) is 83.0. The van der Waals surface area contributed by atoms with Gasteiger partial charge in [0.05, 0.1) is 25.4 Å². The van der Waals surface area contributed by atoms with Gasteiger partial charge >= 0.3 is 5.97 Å². The minimum absolute atomic E-state index is 0.0242. The van der Waals surface area contributed by atoms with Gasteiger partial charge in [-0.2, -0.15) is 0 Å². The number of allylic oxidation sites excluding steroid dienone is 1. The summed E-state index contributed by atoms with van der Waals surface area (Å²) >= 11 is 0. The Morgan fingerprint density at radius 1 is 0.351 bits per heavy atom. The minimum Gasteiger partial charge on any atom is -0.466 e. The molecule has 0 aliphatic rings. The second-order valence-electron chi connectivity index (χ2n) is 24.6. The number of nitrogens with one attached hydrogen (secondary N) is 1. The van der Waals surface area contributed by atoms with Crippen LogP contribution in [-0.4, -0.2) is 47.4 Å². The first-order chi connectivity index (χ1) is 38.0. The van der Waals surface area contributed by atoms with E-state index in [2.05, 4.69) is 19.2 Å². The molecule has 2 atom stereocenters. The first-order valence-electron chi connectivity index (χ1n) is 35.5. The van der Waals surface area contributed by atoms with Crippen molar-refractivity contribution >= 4 is 11.9 Å². The van der Waals surface area contributed by atoms with E-state index < -0.39 is 12.1 Å². The standard InChI is InChI=1S/C71H139NO5/c1-3-5-7-9-11-13-15-17-18-19-30-34-37-41-45-49-53-57-61-65-71(76)77-66-62-58-54-50-46-42-38-35-32-29-27-25-23-21-20-22-24-26-28-31-33-36-40-44-48-52-56-60-64-70(75)72-68(67-73)69(74)63-59-55-51-47-43-39-16-14-12-10-8-6-4-2/h59,63,68-69,73-74H,3-58,60-62,64-67H2,1-2H3,(H,72,75)/b63-59+. The largest absolute Gasteiger partial charge is 0.466 e. The van der Waals surface area contributed by atoms with E-state index in [9.17, 15) is 19.8 Å². The lowest BCUT2D eigenvalue weighted by Crippen LogP contribution is -2.45. The molecule has 3 N–H and O–H groups in total. The molecule has 0 fully saturated rings. The van der Waals surface area contributed by atoms with Crippen molar-refractivity contribution in [2.24, 2.45) is 0 Å². The van der Waals surface area contributed by atoms with E-state index in [1.54, 1.807) is 6.08 Å². The number of aliphatic hydroxyl groups excluding tert-OH is 2. The third kappa shape index (κ3) is 63.6. The first-order valence-corrected chi connectivity index (χ1v) is 35.5. The number of hydrogen-bond acceptors (Lipinski definition) is 5. The van der Waals surface area contributed by atoms with Gasteiger partial charge in [0.15, 0.2) is 0 Å². The molecule has 0 saturated carbocycles. The lowest BCUT2D eigenvalue weighted by Gasteiger charge is -2.20. The lowest BCUT2D eigenvalue weighted by molar-refractivity contribution is -0.143. The van der Waals surface area contributed by atoms with Crippen molar-refractivity contribution in [3.8, 4) is 0 Å². The van der Waals surface area contributed by atoms with Gasteiger partial charge < -0.3 is 20.3 Å². The average molecular weight is 1090 g/mol. The number of aliphatic hydroxyl groups is 2. The molecule has 0 spiro atoms. The summed E-state index contributed by atoms with van der Waals surface area (Å²) in [5, 5.41) is 23.1. The number of amides is 1. The molecule has 0 saturated heterocycles. The summed E-state index contributed by atoms with van der Waals surface area (Å²) < 4.78 is 5.52. The van der Waals surface area contributed by atoms with Gasteiger partial charge in [0, 0.05) is 12.8 Å². The molecule has 77 heavy (non-hydrogen) atoms. The molecule has 0 rings (SSSR count). The lowest BCUT2D eigenvalue weighted by atomic mass is 10.0. The van der Waals surface area contributed by atoms with E-state index in [-0.39, 0.29) is 18.5 Å². The van der Waals surface area contributed by atoms with Gasteiger partial charge in [0.2, 0.25) is 5.91 Å². The summed E-state index contributed by atoms with van der Waals surface area (Å²) in [6, 6.07) is -0.624. The maximum absolute atomic E-state index is 12.5. The normalized spacial score (nSPS) is 12.5. The Labute approximate surface area is 482 Å². The van der Waals surface area contributed by atoms with Gasteiger partial charge in [-0.1, -0.05) is 373 Å². The third-order valence-electron chi connectivity index (χ3n) is 16.8. The number of ether oxygens (including phenoxy) is 1. The van der Waals surface area contributed by atoms with Crippen LogP contribution in [0.15, 0.2) is 12.2 Å². The van der Waals surface area contributed by atoms with Gasteiger partial charge in [-0.15, -0.1) is 0 Å². The topological polar surface area (TPSA) is 95.9 Å². The molecule has 6 nitrogen and oxygen atoms in total. The Balaban J connectivity index is 3.31. The van der Waals surface area contributed by atoms with Gasteiger partial charge in [0.25, 0.3) is 0 Å². The molecule has 2 unspecified atom stereocenters. The van der Waals surface area contributed by atoms with E-state index in [0.717, 1.165) is 38.5 Å². The van der Waals surface area contributed by atoms with Gasteiger partial charge in [-0.25, -0.2) is 0 Å². The van der Waals surface area contributed by atoms with Gasteiger partial charge in [-0.05, 0) is 32.1 Å². The minimum atomic E-state index is -0.841. The Morgan fingerprint density at radius 2 is 0.597 bits per heavy atom. The van der Waals surface area contributed by atoms with Crippen LogP contribution < -0.4 is 5.32 Å². The molecule has 6 heteroatoms. The highest BCUT2D eigenvalue weighted by molar-refractivity contribution is 5.76. The van der Waals surface area contributed by atoms with Gasteiger partial charge in [0.1, 0.15) is 0 Å². The fraction of sp³-hybridized carbons (Fsp3) is 0.944. The molecule has 0 aromatic rings. The van der Waals surface area contributed by atoms with Crippen LogP contribution in [-0.2, 0) is 14.3 Å². The molecular formula is C71H139NO5. The second-order valence-corrected chi connectivity index (χ2v) is 24.6. The zero-order chi connectivity index (χ0) is 55.7. The molecule has 1 amide bonds. The fourth-order valence-electron chi connectivity index (χ4n) is 11.4. The third-order valence-corrected chi connectivity index (χ3v) is 16.8.